The molecule has 4 bridgehead atoms. The van der Waals surface area contributed by atoms with E-state index in [0.717, 1.165) is 37.5 Å². The zero-order valence-corrected chi connectivity index (χ0v) is 9.02. The Morgan fingerprint density at radius 2 is 1.60 bits per heavy atom. The lowest BCUT2D eigenvalue weighted by molar-refractivity contribution is -0.787. The van der Waals surface area contributed by atoms with E-state index in [4.69, 9.17) is 4.84 Å². The number of hydrogen-bond donors (Lipinski definition) is 0. The van der Waals surface area contributed by atoms with Gasteiger partial charge < -0.3 is 4.84 Å². The van der Waals surface area contributed by atoms with E-state index in [1.807, 2.05) is 6.92 Å². The molecule has 4 fully saturated rings. The molecule has 0 N–H and O–H groups in total. The van der Waals surface area contributed by atoms with Crippen LogP contribution in [0.15, 0.2) is 0 Å². The average Bonchev–Trinajstić information content (AvgIpc) is 2.12. The van der Waals surface area contributed by atoms with Crippen LogP contribution >= 0.6 is 0 Å². The number of nitrogens with zero attached hydrogens (tertiary/aromatic N) is 1. The Labute approximate surface area is 89.1 Å². The minimum atomic E-state index is -0.581. The monoisotopic (exact) mass is 211 g/mol. The van der Waals surface area contributed by atoms with Crippen molar-refractivity contribution in [3.63, 3.8) is 0 Å². The lowest BCUT2D eigenvalue weighted by Crippen LogP contribution is -2.57. The van der Waals surface area contributed by atoms with Crippen molar-refractivity contribution in [2.24, 2.45) is 23.7 Å². The maximum atomic E-state index is 10.6. The van der Waals surface area contributed by atoms with Gasteiger partial charge in [0.1, 0.15) is 5.60 Å². The summed E-state index contributed by atoms with van der Waals surface area (Å²) in [6.45, 7) is 1.96. The molecule has 4 heteroatoms. The average molecular weight is 211 g/mol. The molecule has 4 aliphatic rings. The van der Waals surface area contributed by atoms with Gasteiger partial charge in [0.2, 0.25) is 0 Å². The summed E-state index contributed by atoms with van der Waals surface area (Å²) in [5.74, 6) is 2.52. The topological polar surface area (TPSA) is 52.4 Å². The molecule has 4 saturated carbocycles. The third kappa shape index (κ3) is 1.26. The molecule has 0 aromatic carbocycles. The van der Waals surface area contributed by atoms with Gasteiger partial charge in [-0.25, -0.2) is 0 Å². The molecule has 0 aromatic heterocycles. The number of hydrogen-bond acceptors (Lipinski definition) is 3. The summed E-state index contributed by atoms with van der Waals surface area (Å²) < 4.78 is 0. The summed E-state index contributed by atoms with van der Waals surface area (Å²) in [5, 5.41) is 10.00. The third-order valence-electron chi connectivity index (χ3n) is 5.03. The first-order chi connectivity index (χ1) is 7.08. The summed E-state index contributed by atoms with van der Waals surface area (Å²) in [6.07, 6.45) is 5.96. The second-order valence-electron chi connectivity index (χ2n) is 5.80. The summed E-state index contributed by atoms with van der Waals surface area (Å²) in [5.41, 5.74) is -0.475. The quantitative estimate of drug-likeness (QED) is 0.520. The minimum absolute atomic E-state index is 0.430. The van der Waals surface area contributed by atoms with Crippen LogP contribution in [0.1, 0.15) is 39.0 Å². The molecular formula is C11H17NO3. The maximum Gasteiger partial charge on any atom is 0.295 e. The SMILES string of the molecule is CC1(O[N+](=O)[O-])C2CC3CC(C2)CC1C3. The highest BCUT2D eigenvalue weighted by atomic mass is 17.0. The molecule has 84 valence electrons. The zero-order chi connectivity index (χ0) is 10.6. The fourth-order valence-corrected chi connectivity index (χ4v) is 4.43. The normalized spacial score (nSPS) is 51.8. The molecule has 15 heavy (non-hydrogen) atoms. The van der Waals surface area contributed by atoms with Crippen LogP contribution in [0, 0.1) is 33.8 Å². The Bertz CT molecular complexity index is 274. The van der Waals surface area contributed by atoms with Crippen molar-refractivity contribution in [3.05, 3.63) is 10.1 Å². The first-order valence-corrected chi connectivity index (χ1v) is 5.91. The molecule has 0 aromatic rings. The predicted molar refractivity (Wildman–Crippen MR) is 53.5 cm³/mol. The van der Waals surface area contributed by atoms with Crippen molar-refractivity contribution in [3.8, 4) is 0 Å². The van der Waals surface area contributed by atoms with E-state index in [-0.39, 0.29) is 0 Å². The standard InChI is InChI=1S/C11H17NO3/c1-11(15-12(13)14)9-3-7-2-8(5-9)6-10(11)4-7/h7-10H,2-6H2,1H3. The van der Waals surface area contributed by atoms with Gasteiger partial charge in [-0.2, -0.15) is 0 Å². The Morgan fingerprint density at radius 3 is 2.00 bits per heavy atom. The first-order valence-electron chi connectivity index (χ1n) is 5.91. The van der Waals surface area contributed by atoms with E-state index in [2.05, 4.69) is 0 Å². The van der Waals surface area contributed by atoms with Crippen LogP contribution < -0.4 is 0 Å². The Balaban J connectivity index is 1.87. The van der Waals surface area contributed by atoms with Crippen LogP contribution in [0.3, 0.4) is 0 Å². The Kier molecular flexibility index (Phi) is 1.80. The van der Waals surface area contributed by atoms with Crippen molar-refractivity contribution in [2.45, 2.75) is 44.6 Å². The van der Waals surface area contributed by atoms with E-state index in [1.165, 1.54) is 6.42 Å². The predicted octanol–water partition coefficient (Wildman–Crippen LogP) is 2.41. The lowest BCUT2D eigenvalue weighted by Gasteiger charge is -2.58. The van der Waals surface area contributed by atoms with E-state index >= 15 is 0 Å². The first kappa shape index (κ1) is 9.43. The molecule has 0 saturated heterocycles. The van der Waals surface area contributed by atoms with Crippen LogP contribution in [-0.4, -0.2) is 10.7 Å². The molecule has 0 unspecified atom stereocenters. The van der Waals surface area contributed by atoms with Gasteiger partial charge in [0, 0.05) is 0 Å². The second kappa shape index (κ2) is 2.86. The zero-order valence-electron chi connectivity index (χ0n) is 9.02. The summed E-state index contributed by atoms with van der Waals surface area (Å²) >= 11 is 0. The van der Waals surface area contributed by atoms with E-state index in [1.54, 1.807) is 0 Å². The van der Waals surface area contributed by atoms with E-state index in [0.29, 0.717) is 11.8 Å². The molecule has 0 aliphatic heterocycles. The smallest absolute Gasteiger partial charge is 0.295 e. The van der Waals surface area contributed by atoms with Crippen LogP contribution in [0.25, 0.3) is 0 Å². The maximum absolute atomic E-state index is 10.6. The van der Waals surface area contributed by atoms with Gasteiger partial charge in [-0.05, 0) is 62.7 Å². The van der Waals surface area contributed by atoms with Gasteiger partial charge in [0.15, 0.2) is 0 Å². The fourth-order valence-electron chi connectivity index (χ4n) is 4.43. The Hall–Kier alpha value is -0.800. The lowest BCUT2D eigenvalue weighted by atomic mass is 9.50. The fraction of sp³-hybridized carbons (Fsp3) is 1.00. The van der Waals surface area contributed by atoms with Gasteiger partial charge in [-0.1, -0.05) is 0 Å². The highest BCUT2D eigenvalue weighted by Crippen LogP contribution is 2.59. The highest BCUT2D eigenvalue weighted by Gasteiger charge is 2.57. The third-order valence-corrected chi connectivity index (χ3v) is 5.03. The largest absolute Gasteiger partial charge is 0.307 e. The summed E-state index contributed by atoms with van der Waals surface area (Å²) in [4.78, 5) is 15.6. The van der Waals surface area contributed by atoms with Crippen molar-refractivity contribution >= 4 is 0 Å². The van der Waals surface area contributed by atoms with Crippen molar-refractivity contribution in [2.75, 3.05) is 0 Å². The molecule has 4 rings (SSSR count). The molecule has 0 amide bonds. The molecule has 0 atom stereocenters. The second-order valence-corrected chi connectivity index (χ2v) is 5.80. The van der Waals surface area contributed by atoms with Crippen LogP contribution in [-0.2, 0) is 4.84 Å². The van der Waals surface area contributed by atoms with Gasteiger partial charge >= 0.3 is 0 Å². The summed E-state index contributed by atoms with van der Waals surface area (Å²) in [6, 6.07) is 0. The van der Waals surface area contributed by atoms with Crippen LogP contribution in [0.4, 0.5) is 0 Å². The van der Waals surface area contributed by atoms with Gasteiger partial charge in [0.05, 0.1) is 0 Å². The Morgan fingerprint density at radius 1 is 1.13 bits per heavy atom. The van der Waals surface area contributed by atoms with Gasteiger partial charge in [-0.15, -0.1) is 10.1 Å². The number of rotatable bonds is 2. The van der Waals surface area contributed by atoms with Crippen molar-refractivity contribution in [1.82, 2.24) is 0 Å². The summed E-state index contributed by atoms with van der Waals surface area (Å²) in [7, 11) is 0. The van der Waals surface area contributed by atoms with E-state index < -0.39 is 10.7 Å². The highest BCUT2D eigenvalue weighted by molar-refractivity contribution is 5.05. The van der Waals surface area contributed by atoms with Crippen molar-refractivity contribution < 1.29 is 9.92 Å². The molecular weight excluding hydrogens is 194 g/mol. The molecule has 0 heterocycles. The molecule has 0 radical (unpaired) electrons. The van der Waals surface area contributed by atoms with Crippen molar-refractivity contribution in [1.29, 1.82) is 0 Å². The molecule has 4 aliphatic carbocycles. The van der Waals surface area contributed by atoms with Crippen LogP contribution in [0.2, 0.25) is 0 Å². The van der Waals surface area contributed by atoms with Gasteiger partial charge in [-0.3, -0.25) is 0 Å². The minimum Gasteiger partial charge on any atom is -0.307 e. The van der Waals surface area contributed by atoms with E-state index in [9.17, 15) is 10.1 Å². The molecule has 4 nitrogen and oxygen atoms in total. The van der Waals surface area contributed by atoms with Gasteiger partial charge in [0.25, 0.3) is 5.09 Å². The van der Waals surface area contributed by atoms with Crippen LogP contribution in [0.5, 0.6) is 0 Å². The molecule has 0 spiro atoms.